The Kier molecular flexibility index (Phi) is 5.58. The molecule has 0 saturated heterocycles. The molecule has 2 N–H and O–H groups in total. The number of carboxylic acids is 1. The molecule has 0 bridgehead atoms. The van der Waals surface area contributed by atoms with E-state index in [1.54, 1.807) is 31.5 Å². The molecule has 8 heteroatoms. The van der Waals surface area contributed by atoms with Crippen molar-refractivity contribution in [2.75, 3.05) is 7.05 Å². The van der Waals surface area contributed by atoms with Crippen molar-refractivity contribution < 1.29 is 14.7 Å². The van der Waals surface area contributed by atoms with Crippen LogP contribution in [0.1, 0.15) is 43.4 Å². The smallest absolute Gasteiger partial charge is 0.329 e. The Hall–Kier alpha value is -3.03. The number of carboxylic acid groups (broad SMARTS) is 1. The highest BCUT2D eigenvalue weighted by Gasteiger charge is 2.45. The Balaban J connectivity index is 1.86. The number of H-pyrrole nitrogens is 1. The van der Waals surface area contributed by atoms with E-state index >= 15 is 0 Å². The summed E-state index contributed by atoms with van der Waals surface area (Å²) in [5.74, 6) is -0.998. The average molecular weight is 384 g/mol. The molecule has 0 aliphatic heterocycles. The van der Waals surface area contributed by atoms with Crippen molar-refractivity contribution in [3.05, 3.63) is 46.1 Å². The van der Waals surface area contributed by atoms with Crippen LogP contribution in [0.4, 0.5) is 0 Å². The maximum Gasteiger partial charge on any atom is 0.329 e. The van der Waals surface area contributed by atoms with Crippen LogP contribution >= 0.6 is 0 Å². The lowest BCUT2D eigenvalue weighted by Gasteiger charge is -2.41. The van der Waals surface area contributed by atoms with Crippen LogP contribution in [0.25, 0.3) is 11.4 Å². The third-order valence-electron chi connectivity index (χ3n) is 5.58. The zero-order chi connectivity index (χ0) is 20.3. The van der Waals surface area contributed by atoms with Gasteiger partial charge < -0.3 is 15.0 Å². The van der Waals surface area contributed by atoms with Gasteiger partial charge in [-0.25, -0.2) is 9.78 Å². The lowest BCUT2D eigenvalue weighted by molar-refractivity contribution is -0.160. The molecule has 0 unspecified atom stereocenters. The highest BCUT2D eigenvalue weighted by molar-refractivity contribution is 5.88. The fourth-order valence-corrected chi connectivity index (χ4v) is 3.80. The van der Waals surface area contributed by atoms with Crippen LogP contribution in [0.15, 0.2) is 29.3 Å². The van der Waals surface area contributed by atoms with E-state index in [0.717, 1.165) is 19.3 Å². The number of pyridine rings is 1. The first-order valence-corrected chi connectivity index (χ1v) is 9.35. The molecular formula is C20H24N4O4. The summed E-state index contributed by atoms with van der Waals surface area (Å²) in [4.78, 5) is 49.8. The number of aromatic nitrogens is 3. The Morgan fingerprint density at radius 1 is 1.29 bits per heavy atom. The van der Waals surface area contributed by atoms with Crippen molar-refractivity contribution in [3.8, 4) is 11.4 Å². The van der Waals surface area contributed by atoms with E-state index in [1.165, 1.54) is 11.9 Å². The van der Waals surface area contributed by atoms with E-state index in [9.17, 15) is 19.5 Å². The molecule has 1 fully saturated rings. The molecule has 0 aromatic carbocycles. The summed E-state index contributed by atoms with van der Waals surface area (Å²) in [5, 5.41) is 9.77. The first kappa shape index (κ1) is 19.7. The first-order chi connectivity index (χ1) is 13.3. The molecule has 0 spiro atoms. The van der Waals surface area contributed by atoms with E-state index in [1.807, 2.05) is 0 Å². The molecule has 1 saturated carbocycles. The second-order valence-electron chi connectivity index (χ2n) is 7.25. The van der Waals surface area contributed by atoms with E-state index in [4.69, 9.17) is 0 Å². The number of aromatic amines is 1. The van der Waals surface area contributed by atoms with Gasteiger partial charge in [0.15, 0.2) is 0 Å². The summed E-state index contributed by atoms with van der Waals surface area (Å²) in [6, 6.07) is 3.52. The molecule has 8 nitrogen and oxygen atoms in total. The van der Waals surface area contributed by atoms with Crippen molar-refractivity contribution >= 4 is 11.9 Å². The maximum absolute atomic E-state index is 12.9. The zero-order valence-corrected chi connectivity index (χ0v) is 16.1. The van der Waals surface area contributed by atoms with E-state index in [0.29, 0.717) is 29.9 Å². The molecular weight excluding hydrogens is 360 g/mol. The van der Waals surface area contributed by atoms with Crippen LogP contribution in [0.3, 0.4) is 0 Å². The molecule has 1 amide bonds. The van der Waals surface area contributed by atoms with E-state index in [-0.39, 0.29) is 12.0 Å². The van der Waals surface area contributed by atoms with Crippen LogP contribution in [0, 0.1) is 6.92 Å². The van der Waals surface area contributed by atoms with Gasteiger partial charge in [0.25, 0.3) is 5.56 Å². The number of aryl methyl sites for hydroxylation is 1. The van der Waals surface area contributed by atoms with Gasteiger partial charge in [-0.1, -0.05) is 19.3 Å². The predicted octanol–water partition coefficient (Wildman–Crippen LogP) is 1.93. The molecule has 0 radical (unpaired) electrons. The van der Waals surface area contributed by atoms with E-state index in [2.05, 4.69) is 15.0 Å². The second kappa shape index (κ2) is 7.92. The summed E-state index contributed by atoms with van der Waals surface area (Å²) < 4.78 is 0. The number of carbonyl (C=O) groups excluding carboxylic acids is 1. The molecule has 0 atom stereocenters. The van der Waals surface area contributed by atoms with E-state index < -0.39 is 23.0 Å². The van der Waals surface area contributed by atoms with Crippen LogP contribution in [-0.4, -0.2) is 49.4 Å². The number of amides is 1. The largest absolute Gasteiger partial charge is 0.479 e. The summed E-state index contributed by atoms with van der Waals surface area (Å²) in [6.45, 7) is 1.67. The van der Waals surface area contributed by atoms with Gasteiger partial charge in [0.2, 0.25) is 5.91 Å². The standard InChI is InChI=1S/C20H24N4O4/c1-13-15(18(26)23-17(22-13)14-7-6-10-21-12-14)11-16(25)24(2)20(19(27)28)8-4-3-5-9-20/h6-7,10,12H,3-5,8-9,11H2,1-2H3,(H,27,28)(H,22,23,26). The van der Waals surface area contributed by atoms with Gasteiger partial charge in [-0.3, -0.25) is 14.6 Å². The number of likely N-dealkylation sites (N-methyl/N-ethyl adjacent to an activating group) is 1. The third kappa shape index (κ3) is 3.67. The number of hydrogen-bond acceptors (Lipinski definition) is 5. The third-order valence-corrected chi connectivity index (χ3v) is 5.58. The fraction of sp³-hybridized carbons (Fsp3) is 0.450. The molecule has 2 aromatic heterocycles. The molecule has 2 heterocycles. The van der Waals surface area contributed by atoms with Gasteiger partial charge in [0.1, 0.15) is 11.4 Å². The van der Waals surface area contributed by atoms with Crippen molar-refractivity contribution in [2.45, 2.75) is 51.0 Å². The first-order valence-electron chi connectivity index (χ1n) is 9.35. The lowest BCUT2D eigenvalue weighted by atomic mass is 9.80. The molecule has 28 heavy (non-hydrogen) atoms. The molecule has 2 aromatic rings. The van der Waals surface area contributed by atoms with Gasteiger partial charge in [0, 0.05) is 36.3 Å². The van der Waals surface area contributed by atoms with Gasteiger partial charge in [-0.05, 0) is 31.9 Å². The number of nitrogens with zero attached hydrogens (tertiary/aromatic N) is 3. The SMILES string of the molecule is Cc1nc(-c2cccnc2)[nH]c(=O)c1CC(=O)N(C)C1(C(=O)O)CCCCC1. The van der Waals surface area contributed by atoms with Crippen molar-refractivity contribution in [1.82, 2.24) is 19.9 Å². The Labute approximate surface area is 162 Å². The number of aliphatic carboxylic acids is 1. The van der Waals surface area contributed by atoms with Gasteiger partial charge in [-0.15, -0.1) is 0 Å². The topological polar surface area (TPSA) is 116 Å². The Morgan fingerprint density at radius 2 is 2.00 bits per heavy atom. The molecule has 1 aliphatic rings. The van der Waals surface area contributed by atoms with Crippen LogP contribution in [-0.2, 0) is 16.0 Å². The number of rotatable bonds is 5. The van der Waals surface area contributed by atoms with Crippen LogP contribution in [0.2, 0.25) is 0 Å². The Morgan fingerprint density at radius 3 is 2.57 bits per heavy atom. The number of carbonyl (C=O) groups is 2. The van der Waals surface area contributed by atoms with Crippen molar-refractivity contribution in [2.24, 2.45) is 0 Å². The fourth-order valence-electron chi connectivity index (χ4n) is 3.80. The van der Waals surface area contributed by atoms with Gasteiger partial charge >= 0.3 is 5.97 Å². The summed E-state index contributed by atoms with van der Waals surface area (Å²) in [6.07, 6.45) is 6.39. The lowest BCUT2D eigenvalue weighted by Crippen LogP contribution is -2.56. The van der Waals surface area contributed by atoms with Gasteiger partial charge in [0.05, 0.1) is 6.42 Å². The quantitative estimate of drug-likeness (QED) is 0.814. The molecule has 148 valence electrons. The maximum atomic E-state index is 12.9. The van der Waals surface area contributed by atoms with Crippen molar-refractivity contribution in [3.63, 3.8) is 0 Å². The summed E-state index contributed by atoms with van der Waals surface area (Å²) >= 11 is 0. The average Bonchev–Trinajstić information content (AvgIpc) is 2.70. The summed E-state index contributed by atoms with van der Waals surface area (Å²) in [7, 11) is 1.52. The molecule has 1 aliphatic carbocycles. The number of nitrogens with one attached hydrogen (secondary N) is 1. The number of hydrogen-bond donors (Lipinski definition) is 2. The minimum atomic E-state index is -1.20. The Bertz CT molecular complexity index is 933. The highest BCUT2D eigenvalue weighted by atomic mass is 16.4. The molecule has 3 rings (SSSR count). The minimum absolute atomic E-state index is 0.187. The van der Waals surface area contributed by atoms with Gasteiger partial charge in [-0.2, -0.15) is 0 Å². The summed E-state index contributed by atoms with van der Waals surface area (Å²) in [5.41, 5.74) is -0.233. The predicted molar refractivity (Wildman–Crippen MR) is 103 cm³/mol. The van der Waals surface area contributed by atoms with Crippen LogP contribution < -0.4 is 5.56 Å². The second-order valence-corrected chi connectivity index (χ2v) is 7.25. The van der Waals surface area contributed by atoms with Crippen LogP contribution in [0.5, 0.6) is 0 Å². The van der Waals surface area contributed by atoms with Crippen molar-refractivity contribution in [1.29, 1.82) is 0 Å². The zero-order valence-electron chi connectivity index (χ0n) is 16.1. The minimum Gasteiger partial charge on any atom is -0.479 e. The normalized spacial score (nSPS) is 15.8. The monoisotopic (exact) mass is 384 g/mol. The highest BCUT2D eigenvalue weighted by Crippen LogP contribution is 2.33.